The molecule has 0 N–H and O–H groups in total. The van der Waals surface area contributed by atoms with Gasteiger partial charge in [0.2, 0.25) is 0 Å². The lowest BCUT2D eigenvalue weighted by Gasteiger charge is -2.24. The van der Waals surface area contributed by atoms with Crippen LogP contribution < -0.4 is 4.90 Å². The minimum absolute atomic E-state index is 0.379. The van der Waals surface area contributed by atoms with E-state index in [0.29, 0.717) is 17.7 Å². The SMILES string of the molecule is CN(C(=O)OC(C)(C)C)c1cc(C=O)ccn1. The van der Waals surface area contributed by atoms with E-state index in [1.54, 1.807) is 33.9 Å². The molecule has 0 radical (unpaired) electrons. The van der Waals surface area contributed by atoms with E-state index in [1.807, 2.05) is 0 Å². The molecule has 0 unspecified atom stereocenters. The van der Waals surface area contributed by atoms with E-state index in [9.17, 15) is 9.59 Å². The molecule has 0 aromatic carbocycles. The van der Waals surface area contributed by atoms with E-state index >= 15 is 0 Å². The Morgan fingerprint density at radius 3 is 2.65 bits per heavy atom. The standard InChI is InChI=1S/C12H16N2O3/c1-12(2,3)17-11(16)14(4)10-7-9(8-15)5-6-13-10/h5-8H,1-4H3. The minimum Gasteiger partial charge on any atom is -0.443 e. The summed E-state index contributed by atoms with van der Waals surface area (Å²) in [5, 5.41) is 0. The molecule has 5 nitrogen and oxygen atoms in total. The number of aldehydes is 1. The average Bonchev–Trinajstić information content (AvgIpc) is 2.26. The molecule has 1 rings (SSSR count). The Labute approximate surface area is 100 Å². The second-order valence-corrected chi connectivity index (χ2v) is 4.60. The Kier molecular flexibility index (Phi) is 3.83. The zero-order valence-corrected chi connectivity index (χ0v) is 10.4. The van der Waals surface area contributed by atoms with Crippen LogP contribution in [0.15, 0.2) is 18.3 Å². The highest BCUT2D eigenvalue weighted by Crippen LogP contribution is 2.14. The van der Waals surface area contributed by atoms with Gasteiger partial charge in [0.05, 0.1) is 0 Å². The first-order valence-corrected chi connectivity index (χ1v) is 5.21. The van der Waals surface area contributed by atoms with Crippen molar-refractivity contribution in [1.29, 1.82) is 0 Å². The van der Waals surface area contributed by atoms with Gasteiger partial charge < -0.3 is 4.74 Å². The highest BCUT2D eigenvalue weighted by molar-refractivity contribution is 5.87. The highest BCUT2D eigenvalue weighted by atomic mass is 16.6. The van der Waals surface area contributed by atoms with E-state index in [4.69, 9.17) is 4.74 Å². The summed E-state index contributed by atoms with van der Waals surface area (Å²) in [5.41, 5.74) is -0.0986. The lowest BCUT2D eigenvalue weighted by molar-refractivity contribution is 0.0588. The van der Waals surface area contributed by atoms with Crippen LogP contribution in [0.4, 0.5) is 10.6 Å². The van der Waals surface area contributed by atoms with Gasteiger partial charge in [0.25, 0.3) is 0 Å². The molecule has 0 fully saturated rings. The molecule has 0 aliphatic rings. The number of aromatic nitrogens is 1. The van der Waals surface area contributed by atoms with Crippen LogP contribution in [-0.2, 0) is 4.74 Å². The van der Waals surface area contributed by atoms with Crippen molar-refractivity contribution in [1.82, 2.24) is 4.98 Å². The molecular formula is C12H16N2O3. The Bertz CT molecular complexity index is 424. The number of carbonyl (C=O) groups is 2. The van der Waals surface area contributed by atoms with Gasteiger partial charge in [-0.1, -0.05) is 0 Å². The predicted molar refractivity (Wildman–Crippen MR) is 64.3 cm³/mol. The van der Waals surface area contributed by atoms with Gasteiger partial charge in [-0.15, -0.1) is 0 Å². The Morgan fingerprint density at radius 1 is 1.47 bits per heavy atom. The molecule has 0 aliphatic carbocycles. The largest absolute Gasteiger partial charge is 0.443 e. The molecule has 1 aromatic rings. The van der Waals surface area contributed by atoms with E-state index in [2.05, 4.69) is 4.98 Å². The average molecular weight is 236 g/mol. The summed E-state index contributed by atoms with van der Waals surface area (Å²) in [5.74, 6) is 0.379. The lowest BCUT2D eigenvalue weighted by atomic mass is 10.2. The third kappa shape index (κ3) is 3.86. The van der Waals surface area contributed by atoms with Crippen LogP contribution in [0.2, 0.25) is 0 Å². The Balaban J connectivity index is 2.84. The molecule has 0 atom stereocenters. The van der Waals surface area contributed by atoms with Crippen LogP contribution in [0.25, 0.3) is 0 Å². The number of rotatable bonds is 2. The first-order valence-electron chi connectivity index (χ1n) is 5.21. The Hall–Kier alpha value is -1.91. The maximum atomic E-state index is 11.7. The number of nitrogens with zero attached hydrogens (tertiary/aromatic N) is 2. The smallest absolute Gasteiger partial charge is 0.415 e. The fraction of sp³-hybridized carbons (Fsp3) is 0.417. The lowest BCUT2D eigenvalue weighted by Crippen LogP contribution is -2.34. The summed E-state index contributed by atoms with van der Waals surface area (Å²) in [6.45, 7) is 5.36. The van der Waals surface area contributed by atoms with Crippen molar-refractivity contribution in [3.63, 3.8) is 0 Å². The summed E-state index contributed by atoms with van der Waals surface area (Å²) >= 11 is 0. The maximum absolute atomic E-state index is 11.7. The number of hydrogen-bond donors (Lipinski definition) is 0. The van der Waals surface area contributed by atoms with Crippen LogP contribution in [0.5, 0.6) is 0 Å². The van der Waals surface area contributed by atoms with Crippen molar-refractivity contribution in [2.24, 2.45) is 0 Å². The second-order valence-electron chi connectivity index (χ2n) is 4.60. The molecule has 0 spiro atoms. The van der Waals surface area contributed by atoms with Crippen LogP contribution in [0, 0.1) is 0 Å². The van der Waals surface area contributed by atoms with Crippen LogP contribution in [-0.4, -0.2) is 30.0 Å². The van der Waals surface area contributed by atoms with E-state index < -0.39 is 11.7 Å². The summed E-state index contributed by atoms with van der Waals surface area (Å²) in [6.07, 6.45) is 1.67. The minimum atomic E-state index is -0.562. The predicted octanol–water partition coefficient (Wildman–Crippen LogP) is 2.27. The normalized spacial score (nSPS) is 10.8. The van der Waals surface area contributed by atoms with E-state index in [0.717, 1.165) is 0 Å². The maximum Gasteiger partial charge on any atom is 0.415 e. The molecule has 1 amide bonds. The molecular weight excluding hydrogens is 220 g/mol. The molecule has 0 saturated carbocycles. The van der Waals surface area contributed by atoms with Gasteiger partial charge in [0.1, 0.15) is 17.7 Å². The first kappa shape index (κ1) is 13.2. The zero-order valence-electron chi connectivity index (χ0n) is 10.4. The fourth-order valence-electron chi connectivity index (χ4n) is 1.11. The summed E-state index contributed by atoms with van der Waals surface area (Å²) in [7, 11) is 1.55. The van der Waals surface area contributed by atoms with Crippen LogP contribution in [0.1, 0.15) is 31.1 Å². The highest BCUT2D eigenvalue weighted by Gasteiger charge is 2.21. The van der Waals surface area contributed by atoms with Crippen molar-refractivity contribution < 1.29 is 14.3 Å². The number of carbonyl (C=O) groups excluding carboxylic acids is 2. The van der Waals surface area contributed by atoms with Gasteiger partial charge in [0.15, 0.2) is 0 Å². The molecule has 1 aromatic heterocycles. The molecule has 0 aliphatic heterocycles. The summed E-state index contributed by atoms with van der Waals surface area (Å²) < 4.78 is 5.19. The van der Waals surface area contributed by atoms with Gasteiger partial charge in [-0.25, -0.2) is 9.78 Å². The van der Waals surface area contributed by atoms with Gasteiger partial charge in [-0.3, -0.25) is 9.69 Å². The number of anilines is 1. The van der Waals surface area contributed by atoms with Gasteiger partial charge in [-0.2, -0.15) is 0 Å². The van der Waals surface area contributed by atoms with Crippen molar-refractivity contribution in [3.05, 3.63) is 23.9 Å². The van der Waals surface area contributed by atoms with Crippen molar-refractivity contribution in [2.45, 2.75) is 26.4 Å². The quantitative estimate of drug-likeness (QED) is 0.739. The van der Waals surface area contributed by atoms with Crippen molar-refractivity contribution in [2.75, 3.05) is 11.9 Å². The van der Waals surface area contributed by atoms with E-state index in [-0.39, 0.29) is 0 Å². The number of pyridine rings is 1. The third-order valence-corrected chi connectivity index (χ3v) is 1.92. The number of ether oxygens (including phenoxy) is 1. The Morgan fingerprint density at radius 2 is 2.12 bits per heavy atom. The van der Waals surface area contributed by atoms with Gasteiger partial charge in [0, 0.05) is 18.8 Å². The third-order valence-electron chi connectivity index (χ3n) is 1.92. The molecule has 1 heterocycles. The second kappa shape index (κ2) is 4.95. The number of hydrogen-bond acceptors (Lipinski definition) is 4. The molecule has 17 heavy (non-hydrogen) atoms. The summed E-state index contributed by atoms with van der Waals surface area (Å²) in [6, 6.07) is 3.09. The molecule has 0 bridgehead atoms. The van der Waals surface area contributed by atoms with Crippen LogP contribution >= 0.6 is 0 Å². The topological polar surface area (TPSA) is 59.5 Å². The first-order chi connectivity index (χ1) is 7.83. The molecule has 5 heteroatoms. The van der Waals surface area contributed by atoms with E-state index in [1.165, 1.54) is 17.2 Å². The van der Waals surface area contributed by atoms with Crippen LogP contribution in [0.3, 0.4) is 0 Å². The number of amides is 1. The fourth-order valence-corrected chi connectivity index (χ4v) is 1.11. The van der Waals surface area contributed by atoms with Gasteiger partial charge in [-0.05, 0) is 32.9 Å². The summed E-state index contributed by atoms with van der Waals surface area (Å²) in [4.78, 5) is 27.6. The zero-order chi connectivity index (χ0) is 13.1. The molecule has 0 saturated heterocycles. The molecule has 92 valence electrons. The van der Waals surface area contributed by atoms with Gasteiger partial charge >= 0.3 is 6.09 Å². The van der Waals surface area contributed by atoms with Crippen molar-refractivity contribution in [3.8, 4) is 0 Å². The van der Waals surface area contributed by atoms with Crippen molar-refractivity contribution >= 4 is 18.2 Å². The monoisotopic (exact) mass is 236 g/mol.